The summed E-state index contributed by atoms with van der Waals surface area (Å²) in [5.41, 5.74) is 1.62. The Hall–Kier alpha value is -2.21. The smallest absolute Gasteiger partial charge is 0.260 e. The first-order chi connectivity index (χ1) is 9.72. The highest BCUT2D eigenvalue weighted by molar-refractivity contribution is 7.09. The number of anilines is 1. The molecule has 0 spiro atoms. The Morgan fingerprint density at radius 2 is 2.15 bits per heavy atom. The molecule has 0 atom stereocenters. The number of aromatic amines is 1. The van der Waals surface area contributed by atoms with Gasteiger partial charge in [0.2, 0.25) is 5.95 Å². The zero-order valence-corrected chi connectivity index (χ0v) is 11.8. The second-order valence-electron chi connectivity index (χ2n) is 4.49. The molecular formula is C14H14N4OS. The van der Waals surface area contributed by atoms with Crippen LogP contribution in [-0.4, -0.2) is 21.5 Å². The highest BCUT2D eigenvalue weighted by Crippen LogP contribution is 2.10. The van der Waals surface area contributed by atoms with Crippen molar-refractivity contribution in [3.63, 3.8) is 0 Å². The van der Waals surface area contributed by atoms with Gasteiger partial charge in [0.05, 0.1) is 15.9 Å². The molecule has 0 aliphatic heterocycles. The summed E-state index contributed by atoms with van der Waals surface area (Å²) in [6.07, 6.45) is 0.815. The highest BCUT2D eigenvalue weighted by atomic mass is 32.1. The third-order valence-corrected chi connectivity index (χ3v) is 3.94. The van der Waals surface area contributed by atoms with Gasteiger partial charge >= 0.3 is 0 Å². The van der Waals surface area contributed by atoms with E-state index in [1.807, 2.05) is 30.5 Å². The first-order valence-corrected chi connectivity index (χ1v) is 7.24. The Kier molecular flexibility index (Phi) is 3.47. The van der Waals surface area contributed by atoms with E-state index in [0.717, 1.165) is 17.1 Å². The van der Waals surface area contributed by atoms with Crippen LogP contribution in [0.15, 0.2) is 34.4 Å². The standard InChI is InChI=1S/C14H14N4OS/c1-9-8-20-12(16-9)6-7-15-14-17-11-5-3-2-4-10(11)13(19)18-14/h2-5,8H,6-7H2,1H3,(H2,15,17,18,19). The molecule has 5 nitrogen and oxygen atoms in total. The Morgan fingerprint density at radius 1 is 1.30 bits per heavy atom. The average molecular weight is 286 g/mol. The predicted molar refractivity (Wildman–Crippen MR) is 81.4 cm³/mol. The van der Waals surface area contributed by atoms with E-state index in [1.54, 1.807) is 17.4 Å². The van der Waals surface area contributed by atoms with Crippen molar-refractivity contribution in [1.82, 2.24) is 15.0 Å². The zero-order valence-electron chi connectivity index (χ0n) is 11.0. The van der Waals surface area contributed by atoms with Gasteiger partial charge in [-0.15, -0.1) is 11.3 Å². The fourth-order valence-electron chi connectivity index (χ4n) is 1.98. The van der Waals surface area contributed by atoms with E-state index in [9.17, 15) is 4.79 Å². The molecule has 3 rings (SSSR count). The molecule has 2 N–H and O–H groups in total. The molecule has 0 saturated heterocycles. The minimum Gasteiger partial charge on any atom is -0.355 e. The third kappa shape index (κ3) is 2.70. The van der Waals surface area contributed by atoms with Gasteiger partial charge in [-0.3, -0.25) is 9.78 Å². The van der Waals surface area contributed by atoms with E-state index < -0.39 is 0 Å². The first kappa shape index (κ1) is 12.8. The molecule has 3 aromatic rings. The van der Waals surface area contributed by atoms with E-state index in [0.29, 0.717) is 23.4 Å². The van der Waals surface area contributed by atoms with Crippen LogP contribution in [0.5, 0.6) is 0 Å². The number of hydrogen-bond donors (Lipinski definition) is 2. The van der Waals surface area contributed by atoms with Crippen molar-refractivity contribution in [3.8, 4) is 0 Å². The maximum atomic E-state index is 11.9. The number of fused-ring (bicyclic) bond motifs is 1. The summed E-state index contributed by atoms with van der Waals surface area (Å²) in [5, 5.41) is 6.86. The quantitative estimate of drug-likeness (QED) is 0.772. The predicted octanol–water partition coefficient (Wildman–Crippen LogP) is 2.34. The summed E-state index contributed by atoms with van der Waals surface area (Å²) < 4.78 is 0. The summed E-state index contributed by atoms with van der Waals surface area (Å²) >= 11 is 1.65. The lowest BCUT2D eigenvalue weighted by Gasteiger charge is -2.05. The van der Waals surface area contributed by atoms with Gasteiger partial charge in [0.1, 0.15) is 0 Å². The van der Waals surface area contributed by atoms with E-state index in [1.165, 1.54) is 0 Å². The van der Waals surface area contributed by atoms with Crippen molar-refractivity contribution >= 4 is 28.2 Å². The molecule has 2 aromatic heterocycles. The van der Waals surface area contributed by atoms with Gasteiger partial charge in [0.25, 0.3) is 5.56 Å². The summed E-state index contributed by atoms with van der Waals surface area (Å²) in [4.78, 5) is 23.4. The molecule has 0 aliphatic carbocycles. The Morgan fingerprint density at radius 3 is 2.95 bits per heavy atom. The molecule has 0 amide bonds. The van der Waals surface area contributed by atoms with E-state index >= 15 is 0 Å². The SMILES string of the molecule is Cc1csc(CCNc2nc3ccccc3c(=O)[nH]2)n1. The van der Waals surface area contributed by atoms with Crippen molar-refractivity contribution in [2.75, 3.05) is 11.9 Å². The minimum absolute atomic E-state index is 0.122. The number of aryl methyl sites for hydroxylation is 1. The van der Waals surface area contributed by atoms with Gasteiger partial charge in [0, 0.05) is 24.0 Å². The summed E-state index contributed by atoms with van der Waals surface area (Å²) in [5.74, 6) is 0.502. The maximum Gasteiger partial charge on any atom is 0.260 e. The number of para-hydroxylation sites is 1. The van der Waals surface area contributed by atoms with Crippen molar-refractivity contribution < 1.29 is 0 Å². The number of hydrogen-bond acceptors (Lipinski definition) is 5. The van der Waals surface area contributed by atoms with Crippen LogP contribution in [0, 0.1) is 6.92 Å². The van der Waals surface area contributed by atoms with Crippen LogP contribution in [0.4, 0.5) is 5.95 Å². The Balaban J connectivity index is 1.73. The Bertz CT molecular complexity index is 793. The second-order valence-corrected chi connectivity index (χ2v) is 5.43. The molecule has 6 heteroatoms. The highest BCUT2D eigenvalue weighted by Gasteiger charge is 2.03. The zero-order chi connectivity index (χ0) is 13.9. The number of benzene rings is 1. The lowest BCUT2D eigenvalue weighted by molar-refractivity contribution is 0.963. The summed E-state index contributed by atoms with van der Waals surface area (Å²) in [6, 6.07) is 7.30. The number of nitrogens with one attached hydrogen (secondary N) is 2. The van der Waals surface area contributed by atoms with Crippen LogP contribution in [0.1, 0.15) is 10.7 Å². The topological polar surface area (TPSA) is 70.7 Å². The lowest BCUT2D eigenvalue weighted by atomic mass is 10.2. The van der Waals surface area contributed by atoms with Crippen LogP contribution in [0.25, 0.3) is 10.9 Å². The number of aromatic nitrogens is 3. The summed E-state index contributed by atoms with van der Waals surface area (Å²) in [6.45, 7) is 2.67. The minimum atomic E-state index is -0.122. The van der Waals surface area contributed by atoms with Gasteiger partial charge in [-0.05, 0) is 19.1 Å². The molecular weight excluding hydrogens is 272 g/mol. The van der Waals surface area contributed by atoms with Crippen LogP contribution in [0.3, 0.4) is 0 Å². The average Bonchev–Trinajstić information content (AvgIpc) is 2.85. The number of rotatable bonds is 4. The number of H-pyrrole nitrogens is 1. The molecule has 1 aromatic carbocycles. The van der Waals surface area contributed by atoms with Crippen molar-refractivity contribution in [1.29, 1.82) is 0 Å². The van der Waals surface area contributed by atoms with Crippen LogP contribution in [0.2, 0.25) is 0 Å². The second kappa shape index (κ2) is 5.42. The molecule has 20 heavy (non-hydrogen) atoms. The van der Waals surface area contributed by atoms with Gasteiger partial charge in [0.15, 0.2) is 0 Å². The lowest BCUT2D eigenvalue weighted by Crippen LogP contribution is -2.14. The molecule has 2 heterocycles. The van der Waals surface area contributed by atoms with Crippen molar-refractivity contribution in [2.45, 2.75) is 13.3 Å². The molecule has 102 valence electrons. The van der Waals surface area contributed by atoms with Gasteiger partial charge in [-0.1, -0.05) is 12.1 Å². The van der Waals surface area contributed by atoms with E-state index in [-0.39, 0.29) is 5.56 Å². The molecule has 0 bridgehead atoms. The van der Waals surface area contributed by atoms with Crippen molar-refractivity contribution in [2.24, 2.45) is 0 Å². The Labute approximate surface area is 119 Å². The van der Waals surface area contributed by atoms with Gasteiger partial charge in [-0.2, -0.15) is 0 Å². The molecule has 0 aliphatic rings. The molecule has 0 saturated carbocycles. The van der Waals surface area contributed by atoms with Gasteiger partial charge in [-0.25, -0.2) is 9.97 Å². The maximum absolute atomic E-state index is 11.9. The monoisotopic (exact) mass is 286 g/mol. The van der Waals surface area contributed by atoms with Crippen LogP contribution < -0.4 is 10.9 Å². The van der Waals surface area contributed by atoms with E-state index in [2.05, 4.69) is 20.3 Å². The van der Waals surface area contributed by atoms with Crippen LogP contribution >= 0.6 is 11.3 Å². The van der Waals surface area contributed by atoms with E-state index in [4.69, 9.17) is 0 Å². The first-order valence-electron chi connectivity index (χ1n) is 6.36. The fraction of sp³-hybridized carbons (Fsp3) is 0.214. The third-order valence-electron chi connectivity index (χ3n) is 2.91. The summed E-state index contributed by atoms with van der Waals surface area (Å²) in [7, 11) is 0. The molecule has 0 radical (unpaired) electrons. The molecule has 0 fully saturated rings. The van der Waals surface area contributed by atoms with Crippen LogP contribution in [-0.2, 0) is 6.42 Å². The van der Waals surface area contributed by atoms with Crippen molar-refractivity contribution in [3.05, 3.63) is 50.7 Å². The normalized spacial score (nSPS) is 10.8. The number of thiazole rings is 1. The largest absolute Gasteiger partial charge is 0.355 e. The fourth-order valence-corrected chi connectivity index (χ4v) is 2.75. The number of nitrogens with zero attached hydrogens (tertiary/aromatic N) is 2. The molecule has 0 unspecified atom stereocenters. The van der Waals surface area contributed by atoms with Gasteiger partial charge < -0.3 is 5.32 Å².